The van der Waals surface area contributed by atoms with Crippen LogP contribution < -0.4 is 10.6 Å². The molecule has 8 heteroatoms. The number of rotatable bonds is 7. The van der Waals surface area contributed by atoms with Crippen LogP contribution in [0.5, 0.6) is 0 Å². The Morgan fingerprint density at radius 2 is 2.16 bits per heavy atom. The fraction of sp³-hybridized carbons (Fsp3) is 0.471. The van der Waals surface area contributed by atoms with Gasteiger partial charge >= 0.3 is 5.97 Å². The minimum absolute atomic E-state index is 0.0163. The molecule has 25 heavy (non-hydrogen) atoms. The van der Waals surface area contributed by atoms with E-state index in [-0.39, 0.29) is 24.8 Å². The van der Waals surface area contributed by atoms with Gasteiger partial charge in [-0.2, -0.15) is 0 Å². The van der Waals surface area contributed by atoms with Crippen molar-refractivity contribution >= 4 is 35.1 Å². The van der Waals surface area contributed by atoms with E-state index in [4.69, 9.17) is 16.3 Å². The van der Waals surface area contributed by atoms with Crippen LogP contribution in [0.15, 0.2) is 24.3 Å². The molecule has 1 saturated heterocycles. The molecule has 1 aromatic rings. The van der Waals surface area contributed by atoms with E-state index >= 15 is 0 Å². The Kier molecular flexibility index (Phi) is 7.06. The lowest BCUT2D eigenvalue weighted by Crippen LogP contribution is -2.58. The van der Waals surface area contributed by atoms with Gasteiger partial charge < -0.3 is 20.3 Å². The Bertz CT molecular complexity index is 638. The Morgan fingerprint density at radius 3 is 2.88 bits per heavy atom. The van der Waals surface area contributed by atoms with Crippen molar-refractivity contribution in [1.29, 1.82) is 0 Å². The Labute approximate surface area is 151 Å². The number of halogens is 1. The first kappa shape index (κ1) is 19.1. The van der Waals surface area contributed by atoms with Crippen LogP contribution in [-0.4, -0.2) is 55.0 Å². The standard InChI is InChI=1S/C17H22ClN3O4/c1-2-9-25-16(23)10-14-17(24)19-7-8-21(14)15(22)11-20-13-6-4-3-5-12(13)18/h3-6,14,20H,2,7-11H2,1H3,(H,19,24). The van der Waals surface area contributed by atoms with Crippen molar-refractivity contribution in [3.63, 3.8) is 0 Å². The summed E-state index contributed by atoms with van der Waals surface area (Å²) < 4.78 is 5.03. The highest BCUT2D eigenvalue weighted by Gasteiger charge is 2.34. The molecule has 0 saturated carbocycles. The highest BCUT2D eigenvalue weighted by Crippen LogP contribution is 2.20. The molecule has 0 spiro atoms. The van der Waals surface area contributed by atoms with Gasteiger partial charge in [0.15, 0.2) is 0 Å². The quantitative estimate of drug-likeness (QED) is 0.712. The molecule has 0 radical (unpaired) electrons. The lowest BCUT2D eigenvalue weighted by atomic mass is 10.1. The van der Waals surface area contributed by atoms with E-state index < -0.39 is 12.0 Å². The maximum atomic E-state index is 12.5. The van der Waals surface area contributed by atoms with Crippen molar-refractivity contribution in [2.24, 2.45) is 0 Å². The van der Waals surface area contributed by atoms with Gasteiger partial charge in [-0.25, -0.2) is 0 Å². The van der Waals surface area contributed by atoms with Gasteiger partial charge in [0.2, 0.25) is 11.8 Å². The summed E-state index contributed by atoms with van der Waals surface area (Å²) in [4.78, 5) is 37.9. The third kappa shape index (κ3) is 5.35. The number of carbonyl (C=O) groups excluding carboxylic acids is 3. The number of para-hydroxylation sites is 1. The zero-order valence-corrected chi connectivity index (χ0v) is 14.8. The summed E-state index contributed by atoms with van der Waals surface area (Å²) in [6.07, 6.45) is 0.552. The van der Waals surface area contributed by atoms with E-state index in [1.54, 1.807) is 24.3 Å². The number of carbonyl (C=O) groups is 3. The summed E-state index contributed by atoms with van der Waals surface area (Å²) in [5.41, 5.74) is 0.637. The largest absolute Gasteiger partial charge is 0.466 e. The van der Waals surface area contributed by atoms with E-state index in [1.165, 1.54) is 4.90 Å². The fourth-order valence-corrected chi connectivity index (χ4v) is 2.73. The van der Waals surface area contributed by atoms with Gasteiger partial charge in [-0.05, 0) is 18.6 Å². The molecule has 1 aromatic carbocycles. The average Bonchev–Trinajstić information content (AvgIpc) is 2.60. The second-order valence-electron chi connectivity index (χ2n) is 5.65. The van der Waals surface area contributed by atoms with Crippen molar-refractivity contribution in [2.45, 2.75) is 25.8 Å². The van der Waals surface area contributed by atoms with Crippen LogP contribution in [0, 0.1) is 0 Å². The number of nitrogens with one attached hydrogen (secondary N) is 2. The lowest BCUT2D eigenvalue weighted by molar-refractivity contribution is -0.151. The van der Waals surface area contributed by atoms with Gasteiger partial charge in [0.1, 0.15) is 6.04 Å². The Balaban J connectivity index is 1.98. The van der Waals surface area contributed by atoms with Crippen molar-refractivity contribution in [2.75, 3.05) is 31.6 Å². The molecule has 1 fully saturated rings. The lowest BCUT2D eigenvalue weighted by Gasteiger charge is -2.34. The molecule has 1 unspecified atom stereocenters. The number of anilines is 1. The van der Waals surface area contributed by atoms with E-state index in [2.05, 4.69) is 10.6 Å². The topological polar surface area (TPSA) is 87.7 Å². The van der Waals surface area contributed by atoms with Crippen molar-refractivity contribution in [3.05, 3.63) is 29.3 Å². The van der Waals surface area contributed by atoms with Gasteiger partial charge in [0, 0.05) is 13.1 Å². The molecule has 1 atom stereocenters. The summed E-state index contributed by atoms with van der Waals surface area (Å²) in [6, 6.07) is 6.23. The SMILES string of the molecule is CCCOC(=O)CC1C(=O)NCCN1C(=O)CNc1ccccc1Cl. The molecule has 0 bridgehead atoms. The third-order valence-electron chi connectivity index (χ3n) is 3.78. The molecular weight excluding hydrogens is 346 g/mol. The molecule has 0 aromatic heterocycles. The number of ether oxygens (including phenoxy) is 1. The predicted octanol–water partition coefficient (Wildman–Crippen LogP) is 1.42. The van der Waals surface area contributed by atoms with Crippen molar-refractivity contribution in [3.8, 4) is 0 Å². The maximum Gasteiger partial charge on any atom is 0.308 e. The number of benzene rings is 1. The van der Waals surface area contributed by atoms with E-state index in [0.29, 0.717) is 36.8 Å². The van der Waals surface area contributed by atoms with Crippen LogP contribution in [0.4, 0.5) is 5.69 Å². The zero-order valence-electron chi connectivity index (χ0n) is 14.1. The highest BCUT2D eigenvalue weighted by atomic mass is 35.5. The van der Waals surface area contributed by atoms with Gasteiger partial charge in [0.05, 0.1) is 30.3 Å². The van der Waals surface area contributed by atoms with Crippen LogP contribution >= 0.6 is 11.6 Å². The zero-order chi connectivity index (χ0) is 18.2. The molecule has 2 amide bonds. The van der Waals surface area contributed by atoms with Crippen LogP contribution in [0.3, 0.4) is 0 Å². The molecule has 7 nitrogen and oxygen atoms in total. The van der Waals surface area contributed by atoms with Gasteiger partial charge in [0.25, 0.3) is 0 Å². The van der Waals surface area contributed by atoms with Crippen molar-refractivity contribution < 1.29 is 19.1 Å². The number of hydrogen-bond acceptors (Lipinski definition) is 5. The maximum absolute atomic E-state index is 12.5. The van der Waals surface area contributed by atoms with Crippen LogP contribution in [0.1, 0.15) is 19.8 Å². The fourth-order valence-electron chi connectivity index (χ4n) is 2.53. The molecule has 136 valence electrons. The second kappa shape index (κ2) is 9.27. The minimum atomic E-state index is -0.848. The molecule has 1 aliphatic heterocycles. The first-order valence-corrected chi connectivity index (χ1v) is 8.62. The molecule has 1 aliphatic rings. The summed E-state index contributed by atoms with van der Waals surface area (Å²) in [5.74, 6) is -1.10. The molecule has 2 rings (SSSR count). The predicted molar refractivity (Wildman–Crippen MR) is 94.3 cm³/mol. The first-order valence-electron chi connectivity index (χ1n) is 8.24. The van der Waals surface area contributed by atoms with Gasteiger partial charge in [-0.3, -0.25) is 14.4 Å². The van der Waals surface area contributed by atoms with Crippen LogP contribution in [-0.2, 0) is 19.1 Å². The Hall–Kier alpha value is -2.28. The van der Waals surface area contributed by atoms with E-state index in [1.807, 2.05) is 6.92 Å². The summed E-state index contributed by atoms with van der Waals surface area (Å²) >= 11 is 6.05. The normalized spacial score (nSPS) is 17.0. The highest BCUT2D eigenvalue weighted by molar-refractivity contribution is 6.33. The number of amides is 2. The minimum Gasteiger partial charge on any atom is -0.466 e. The van der Waals surface area contributed by atoms with Crippen LogP contribution in [0.25, 0.3) is 0 Å². The molecule has 0 aliphatic carbocycles. The van der Waals surface area contributed by atoms with Crippen molar-refractivity contribution in [1.82, 2.24) is 10.2 Å². The molecular formula is C17H22ClN3O4. The third-order valence-corrected chi connectivity index (χ3v) is 4.11. The number of hydrogen-bond donors (Lipinski definition) is 2. The first-order chi connectivity index (χ1) is 12.0. The number of esters is 1. The second-order valence-corrected chi connectivity index (χ2v) is 6.06. The van der Waals surface area contributed by atoms with Gasteiger partial charge in [-0.15, -0.1) is 0 Å². The van der Waals surface area contributed by atoms with Gasteiger partial charge in [-0.1, -0.05) is 30.7 Å². The number of nitrogens with zero attached hydrogens (tertiary/aromatic N) is 1. The smallest absolute Gasteiger partial charge is 0.308 e. The average molecular weight is 368 g/mol. The summed E-state index contributed by atoms with van der Waals surface area (Å²) in [7, 11) is 0. The summed E-state index contributed by atoms with van der Waals surface area (Å²) in [5, 5.41) is 6.15. The molecule has 1 heterocycles. The van der Waals surface area contributed by atoms with E-state index in [0.717, 1.165) is 0 Å². The summed E-state index contributed by atoms with van der Waals surface area (Å²) in [6.45, 7) is 2.88. The Morgan fingerprint density at radius 1 is 1.40 bits per heavy atom. The monoisotopic (exact) mass is 367 g/mol. The molecule has 2 N–H and O–H groups in total. The number of piperazine rings is 1. The van der Waals surface area contributed by atoms with E-state index in [9.17, 15) is 14.4 Å². The van der Waals surface area contributed by atoms with Crippen LogP contribution in [0.2, 0.25) is 5.02 Å².